The number of carbonyl (C=O) groups excluding carboxylic acids is 1. The first-order valence-electron chi connectivity index (χ1n) is 6.79. The molecule has 1 amide bonds. The maximum atomic E-state index is 12.5. The van der Waals surface area contributed by atoms with Crippen molar-refractivity contribution < 1.29 is 14.7 Å². The molecule has 0 saturated carbocycles. The van der Waals surface area contributed by atoms with Crippen LogP contribution in [0.4, 0.5) is 0 Å². The van der Waals surface area contributed by atoms with Crippen molar-refractivity contribution in [3.63, 3.8) is 0 Å². The molecule has 1 aromatic heterocycles. The number of nitrogens with one attached hydrogen (secondary N) is 2. The average molecular weight is 288 g/mol. The van der Waals surface area contributed by atoms with Gasteiger partial charge in [0.1, 0.15) is 0 Å². The highest BCUT2D eigenvalue weighted by atomic mass is 16.4. The van der Waals surface area contributed by atoms with Gasteiger partial charge in [-0.15, -0.1) is 0 Å². The second kappa shape index (κ2) is 4.91. The van der Waals surface area contributed by atoms with E-state index < -0.39 is 16.9 Å². The monoisotopic (exact) mass is 288 g/mol. The summed E-state index contributed by atoms with van der Waals surface area (Å²) in [4.78, 5) is 27.0. The summed E-state index contributed by atoms with van der Waals surface area (Å²) >= 11 is 0. The quantitative estimate of drug-likeness (QED) is 0.809. The number of aromatic amines is 1. The number of amides is 1. The Morgan fingerprint density at radius 3 is 2.43 bits per heavy atom. The number of benzene rings is 1. The highest BCUT2D eigenvalue weighted by molar-refractivity contribution is 6.06. The molecule has 0 atom stereocenters. The van der Waals surface area contributed by atoms with Crippen LogP contribution in [-0.4, -0.2) is 27.5 Å². The molecule has 0 bridgehead atoms. The zero-order valence-corrected chi connectivity index (χ0v) is 12.7. The van der Waals surface area contributed by atoms with Crippen molar-refractivity contribution >= 4 is 22.8 Å². The Balaban J connectivity index is 2.34. The van der Waals surface area contributed by atoms with E-state index in [1.165, 1.54) is 0 Å². The summed E-state index contributed by atoms with van der Waals surface area (Å²) in [6.07, 6.45) is 1.77. The van der Waals surface area contributed by atoms with Crippen molar-refractivity contribution in [2.45, 2.75) is 33.2 Å². The molecule has 2 rings (SSSR count). The lowest BCUT2D eigenvalue weighted by molar-refractivity contribution is -0.150. The molecular weight excluding hydrogens is 268 g/mol. The van der Waals surface area contributed by atoms with Crippen molar-refractivity contribution in [1.82, 2.24) is 10.3 Å². The van der Waals surface area contributed by atoms with E-state index in [-0.39, 0.29) is 5.91 Å². The Morgan fingerprint density at radius 2 is 1.81 bits per heavy atom. The smallest absolute Gasteiger partial charge is 0.311 e. The van der Waals surface area contributed by atoms with E-state index in [1.54, 1.807) is 46.0 Å². The van der Waals surface area contributed by atoms with Gasteiger partial charge in [-0.25, -0.2) is 0 Å². The molecule has 0 radical (unpaired) electrons. The lowest BCUT2D eigenvalue weighted by atomic mass is 9.74. The normalized spacial score (nSPS) is 12.4. The zero-order chi connectivity index (χ0) is 15.8. The van der Waals surface area contributed by atoms with Crippen LogP contribution in [0.25, 0.3) is 10.9 Å². The molecule has 21 heavy (non-hydrogen) atoms. The fraction of sp³-hybridized carbons (Fsp3) is 0.375. The number of fused-ring (bicyclic) bond motifs is 1. The second-order valence-electron chi connectivity index (χ2n) is 6.25. The topological polar surface area (TPSA) is 82.2 Å². The molecule has 5 nitrogen and oxygen atoms in total. The molecule has 0 unspecified atom stereocenters. The fourth-order valence-electron chi connectivity index (χ4n) is 2.06. The number of aliphatic carboxylic acids is 1. The molecule has 2 aromatic rings. The standard InChI is InChI=1S/C16H20N2O3/c1-15(2,14(20)21)16(3,4)18-13(19)11-6-5-7-12-10(11)8-9-17-12/h5-9,17H,1-4H3,(H,18,19)(H,20,21). The summed E-state index contributed by atoms with van der Waals surface area (Å²) < 4.78 is 0. The first-order chi connectivity index (χ1) is 9.67. The summed E-state index contributed by atoms with van der Waals surface area (Å²) in [7, 11) is 0. The number of aromatic nitrogens is 1. The lowest BCUT2D eigenvalue weighted by Crippen LogP contribution is -2.57. The van der Waals surface area contributed by atoms with Crippen LogP contribution in [0, 0.1) is 5.41 Å². The number of carbonyl (C=O) groups is 2. The minimum Gasteiger partial charge on any atom is -0.481 e. The molecule has 5 heteroatoms. The molecule has 1 aromatic carbocycles. The third-order valence-electron chi connectivity index (χ3n) is 4.36. The summed E-state index contributed by atoms with van der Waals surface area (Å²) in [5.74, 6) is -1.23. The zero-order valence-electron chi connectivity index (χ0n) is 12.7. The Kier molecular flexibility index (Phi) is 3.53. The van der Waals surface area contributed by atoms with Gasteiger partial charge in [-0.05, 0) is 45.9 Å². The maximum absolute atomic E-state index is 12.5. The van der Waals surface area contributed by atoms with Crippen molar-refractivity contribution in [3.8, 4) is 0 Å². The van der Waals surface area contributed by atoms with Crippen LogP contribution in [0.1, 0.15) is 38.1 Å². The van der Waals surface area contributed by atoms with Crippen molar-refractivity contribution in [2.24, 2.45) is 5.41 Å². The molecule has 112 valence electrons. The van der Waals surface area contributed by atoms with E-state index in [0.29, 0.717) is 5.56 Å². The molecule has 0 aliphatic rings. The van der Waals surface area contributed by atoms with Crippen LogP contribution in [0.5, 0.6) is 0 Å². The first-order valence-corrected chi connectivity index (χ1v) is 6.79. The Bertz CT molecular complexity index is 698. The minimum absolute atomic E-state index is 0.278. The second-order valence-corrected chi connectivity index (χ2v) is 6.25. The van der Waals surface area contributed by atoms with Crippen LogP contribution in [0.3, 0.4) is 0 Å². The number of hydrogen-bond acceptors (Lipinski definition) is 2. The van der Waals surface area contributed by atoms with Crippen molar-refractivity contribution in [3.05, 3.63) is 36.0 Å². The van der Waals surface area contributed by atoms with Crippen LogP contribution in [0.15, 0.2) is 30.5 Å². The number of carboxylic acids is 1. The predicted molar refractivity (Wildman–Crippen MR) is 81.3 cm³/mol. The molecule has 1 heterocycles. The molecular formula is C16H20N2O3. The Labute approximate surface area is 123 Å². The molecule has 0 spiro atoms. The predicted octanol–water partition coefficient (Wildman–Crippen LogP) is 2.79. The first kappa shape index (κ1) is 15.1. The van der Waals surface area contributed by atoms with Gasteiger partial charge < -0.3 is 15.4 Å². The van der Waals surface area contributed by atoms with Crippen LogP contribution in [0.2, 0.25) is 0 Å². The van der Waals surface area contributed by atoms with Gasteiger partial charge in [0, 0.05) is 22.7 Å². The third kappa shape index (κ3) is 2.51. The van der Waals surface area contributed by atoms with Gasteiger partial charge in [0.05, 0.1) is 11.0 Å². The maximum Gasteiger partial charge on any atom is 0.311 e. The molecule has 0 aliphatic carbocycles. The molecule has 0 saturated heterocycles. The van der Waals surface area contributed by atoms with E-state index in [9.17, 15) is 14.7 Å². The third-order valence-corrected chi connectivity index (χ3v) is 4.36. The summed E-state index contributed by atoms with van der Waals surface area (Å²) in [6.45, 7) is 6.64. The SMILES string of the molecule is CC(C)(NC(=O)c1cccc2[nH]ccc12)C(C)(C)C(=O)O. The highest BCUT2D eigenvalue weighted by Gasteiger charge is 2.44. The van der Waals surface area contributed by atoms with Gasteiger partial charge in [0.15, 0.2) is 0 Å². The van der Waals surface area contributed by atoms with Gasteiger partial charge in [-0.1, -0.05) is 6.07 Å². The van der Waals surface area contributed by atoms with Crippen LogP contribution in [-0.2, 0) is 4.79 Å². The van der Waals surface area contributed by atoms with E-state index in [1.807, 2.05) is 12.1 Å². The fourth-order valence-corrected chi connectivity index (χ4v) is 2.06. The number of rotatable bonds is 4. The summed E-state index contributed by atoms with van der Waals surface area (Å²) in [6, 6.07) is 7.25. The van der Waals surface area contributed by atoms with E-state index in [0.717, 1.165) is 10.9 Å². The number of H-pyrrole nitrogens is 1. The van der Waals surface area contributed by atoms with E-state index in [2.05, 4.69) is 10.3 Å². The largest absolute Gasteiger partial charge is 0.481 e. The lowest BCUT2D eigenvalue weighted by Gasteiger charge is -2.38. The van der Waals surface area contributed by atoms with Gasteiger partial charge >= 0.3 is 5.97 Å². The number of carboxylic acid groups (broad SMARTS) is 1. The van der Waals surface area contributed by atoms with Gasteiger partial charge in [-0.3, -0.25) is 9.59 Å². The highest BCUT2D eigenvalue weighted by Crippen LogP contribution is 2.31. The van der Waals surface area contributed by atoms with Crippen LogP contribution >= 0.6 is 0 Å². The Morgan fingerprint density at radius 1 is 1.14 bits per heavy atom. The van der Waals surface area contributed by atoms with Gasteiger partial charge in [0.25, 0.3) is 5.91 Å². The van der Waals surface area contributed by atoms with Gasteiger partial charge in [0.2, 0.25) is 0 Å². The Hall–Kier alpha value is -2.30. The molecule has 3 N–H and O–H groups in total. The summed E-state index contributed by atoms with van der Waals surface area (Å²) in [5.41, 5.74) is -0.579. The van der Waals surface area contributed by atoms with E-state index in [4.69, 9.17) is 0 Å². The van der Waals surface area contributed by atoms with Crippen molar-refractivity contribution in [2.75, 3.05) is 0 Å². The van der Waals surface area contributed by atoms with Crippen LogP contribution < -0.4 is 5.32 Å². The molecule has 0 fully saturated rings. The minimum atomic E-state index is -1.09. The summed E-state index contributed by atoms with van der Waals surface area (Å²) in [5, 5.41) is 13.0. The van der Waals surface area contributed by atoms with Crippen molar-refractivity contribution in [1.29, 1.82) is 0 Å². The van der Waals surface area contributed by atoms with E-state index >= 15 is 0 Å². The van der Waals surface area contributed by atoms with Gasteiger partial charge in [-0.2, -0.15) is 0 Å². The number of hydrogen-bond donors (Lipinski definition) is 3. The average Bonchev–Trinajstić information content (AvgIpc) is 2.85. The molecule has 0 aliphatic heterocycles.